The van der Waals surface area contributed by atoms with Gasteiger partial charge in [-0.3, -0.25) is 4.98 Å². The Morgan fingerprint density at radius 1 is 1.15 bits per heavy atom. The number of nitrogens with zero attached hydrogens (tertiary/aromatic N) is 2. The fraction of sp³-hybridized carbons (Fsp3) is 0.250. The van der Waals surface area contributed by atoms with Crippen LogP contribution in [0.1, 0.15) is 18.3 Å². The maximum atomic E-state index is 5.48. The molecule has 0 saturated heterocycles. The Labute approximate surface area is 125 Å². The molecular weight excluding hydrogens is 266 g/mol. The Morgan fingerprint density at radius 2 is 1.90 bits per heavy atom. The molecule has 0 amide bonds. The van der Waals surface area contributed by atoms with E-state index < -0.39 is 0 Å². The van der Waals surface area contributed by atoms with Gasteiger partial charge in [-0.05, 0) is 50.3 Å². The highest BCUT2D eigenvalue weighted by Gasteiger charge is 2.09. The van der Waals surface area contributed by atoms with Crippen molar-refractivity contribution < 1.29 is 0 Å². The van der Waals surface area contributed by atoms with Crippen molar-refractivity contribution in [3.8, 4) is 0 Å². The lowest BCUT2D eigenvalue weighted by atomic mass is 10.3. The summed E-state index contributed by atoms with van der Waals surface area (Å²) in [4.78, 5) is 6.62. The third-order valence-electron chi connectivity index (χ3n) is 2.99. The van der Waals surface area contributed by atoms with Crippen LogP contribution in [0.15, 0.2) is 48.5 Å². The molecule has 104 valence electrons. The minimum absolute atomic E-state index is 0.719. The van der Waals surface area contributed by atoms with Gasteiger partial charge in [-0.15, -0.1) is 0 Å². The number of rotatable bonds is 4. The Morgan fingerprint density at radius 3 is 2.55 bits per heavy atom. The van der Waals surface area contributed by atoms with Crippen molar-refractivity contribution >= 4 is 23.0 Å². The molecule has 4 heteroatoms. The van der Waals surface area contributed by atoms with Gasteiger partial charge in [0.05, 0.1) is 12.2 Å². The molecule has 0 unspecified atom stereocenters. The highest BCUT2D eigenvalue weighted by molar-refractivity contribution is 7.80. The van der Waals surface area contributed by atoms with E-state index in [0.29, 0.717) is 0 Å². The number of pyridine rings is 1. The molecule has 0 fully saturated rings. The van der Waals surface area contributed by atoms with Crippen LogP contribution in [0.25, 0.3) is 0 Å². The molecule has 2 aromatic rings. The van der Waals surface area contributed by atoms with Gasteiger partial charge in [-0.25, -0.2) is 0 Å². The number of aryl methyl sites for hydroxylation is 1. The summed E-state index contributed by atoms with van der Waals surface area (Å²) in [5, 5.41) is 3.98. The maximum Gasteiger partial charge on any atom is 0.173 e. The van der Waals surface area contributed by atoms with Crippen molar-refractivity contribution in [3.05, 3.63) is 59.9 Å². The molecule has 0 aliphatic heterocycles. The van der Waals surface area contributed by atoms with Crippen molar-refractivity contribution in [1.29, 1.82) is 0 Å². The van der Waals surface area contributed by atoms with Crippen LogP contribution < -0.4 is 5.32 Å². The molecule has 0 aliphatic carbocycles. The van der Waals surface area contributed by atoms with E-state index in [1.165, 1.54) is 0 Å². The topological polar surface area (TPSA) is 28.2 Å². The average molecular weight is 285 g/mol. The normalized spacial score (nSPS) is 10.1. The molecule has 2 rings (SSSR count). The van der Waals surface area contributed by atoms with Crippen LogP contribution >= 0.6 is 12.2 Å². The van der Waals surface area contributed by atoms with Gasteiger partial charge in [0.15, 0.2) is 5.11 Å². The summed E-state index contributed by atoms with van der Waals surface area (Å²) in [7, 11) is 0. The van der Waals surface area contributed by atoms with E-state index in [0.717, 1.165) is 35.3 Å². The second-order valence-corrected chi connectivity index (χ2v) is 4.97. The summed E-state index contributed by atoms with van der Waals surface area (Å²) < 4.78 is 0. The molecule has 0 atom stereocenters. The van der Waals surface area contributed by atoms with E-state index in [1.54, 1.807) is 0 Å². The van der Waals surface area contributed by atoms with Crippen LogP contribution in [0.4, 0.5) is 5.69 Å². The standard InChI is InChI=1S/C16H19N3S/c1-3-19(12-15-11-7-8-13(2)17-15)16(20)18-14-9-5-4-6-10-14/h4-11H,3,12H2,1-2H3,(H,18,20). The van der Waals surface area contributed by atoms with Gasteiger partial charge in [0, 0.05) is 17.9 Å². The largest absolute Gasteiger partial charge is 0.343 e. The van der Waals surface area contributed by atoms with Crippen molar-refractivity contribution in [2.75, 3.05) is 11.9 Å². The molecule has 3 nitrogen and oxygen atoms in total. The lowest BCUT2D eigenvalue weighted by Gasteiger charge is -2.24. The zero-order chi connectivity index (χ0) is 14.4. The first-order chi connectivity index (χ1) is 9.69. The summed E-state index contributed by atoms with van der Waals surface area (Å²) >= 11 is 5.48. The minimum Gasteiger partial charge on any atom is -0.343 e. The first-order valence-electron chi connectivity index (χ1n) is 6.72. The lowest BCUT2D eigenvalue weighted by molar-refractivity contribution is 0.435. The second-order valence-electron chi connectivity index (χ2n) is 4.58. The average Bonchev–Trinajstić information content (AvgIpc) is 2.46. The first-order valence-corrected chi connectivity index (χ1v) is 7.13. The lowest BCUT2D eigenvalue weighted by Crippen LogP contribution is -2.34. The molecule has 1 heterocycles. The molecule has 0 spiro atoms. The van der Waals surface area contributed by atoms with Gasteiger partial charge in [0.2, 0.25) is 0 Å². The van der Waals surface area contributed by atoms with Crippen LogP contribution in [0.3, 0.4) is 0 Å². The predicted octanol–water partition coefficient (Wildman–Crippen LogP) is 3.61. The predicted molar refractivity (Wildman–Crippen MR) is 87.7 cm³/mol. The van der Waals surface area contributed by atoms with E-state index in [2.05, 4.69) is 22.1 Å². The number of thiocarbonyl (C=S) groups is 1. The zero-order valence-electron chi connectivity index (χ0n) is 11.8. The Bertz CT molecular complexity index is 569. The van der Waals surface area contributed by atoms with E-state index in [4.69, 9.17) is 12.2 Å². The van der Waals surface area contributed by atoms with Crippen LogP contribution in [0.5, 0.6) is 0 Å². The smallest absolute Gasteiger partial charge is 0.173 e. The van der Waals surface area contributed by atoms with Crippen molar-refractivity contribution in [2.24, 2.45) is 0 Å². The van der Waals surface area contributed by atoms with Crippen molar-refractivity contribution in [3.63, 3.8) is 0 Å². The zero-order valence-corrected chi connectivity index (χ0v) is 12.7. The fourth-order valence-corrected chi connectivity index (χ4v) is 2.25. The molecule has 0 aliphatic rings. The molecule has 0 bridgehead atoms. The second kappa shape index (κ2) is 7.01. The van der Waals surface area contributed by atoms with E-state index in [1.807, 2.05) is 55.5 Å². The molecular formula is C16H19N3S. The van der Waals surface area contributed by atoms with Gasteiger partial charge in [-0.1, -0.05) is 24.3 Å². The number of para-hydroxylation sites is 1. The van der Waals surface area contributed by atoms with E-state index in [-0.39, 0.29) is 0 Å². The number of aromatic nitrogens is 1. The van der Waals surface area contributed by atoms with Gasteiger partial charge in [0.25, 0.3) is 0 Å². The highest BCUT2D eigenvalue weighted by atomic mass is 32.1. The number of hydrogen-bond acceptors (Lipinski definition) is 2. The molecule has 1 aromatic carbocycles. The van der Waals surface area contributed by atoms with Crippen LogP contribution in [-0.4, -0.2) is 21.5 Å². The first kappa shape index (κ1) is 14.5. The van der Waals surface area contributed by atoms with Crippen LogP contribution in [0.2, 0.25) is 0 Å². The van der Waals surface area contributed by atoms with Gasteiger partial charge < -0.3 is 10.2 Å². The number of benzene rings is 1. The maximum absolute atomic E-state index is 5.48. The molecule has 0 radical (unpaired) electrons. The van der Waals surface area contributed by atoms with E-state index in [9.17, 15) is 0 Å². The summed E-state index contributed by atoms with van der Waals surface area (Å²) in [5.74, 6) is 0. The molecule has 0 saturated carbocycles. The molecule has 1 N–H and O–H groups in total. The van der Waals surface area contributed by atoms with Crippen molar-refractivity contribution in [1.82, 2.24) is 9.88 Å². The summed E-state index contributed by atoms with van der Waals surface area (Å²) in [6.45, 7) is 5.65. The Kier molecular flexibility index (Phi) is 5.07. The van der Waals surface area contributed by atoms with Gasteiger partial charge in [0.1, 0.15) is 0 Å². The van der Waals surface area contributed by atoms with Gasteiger partial charge >= 0.3 is 0 Å². The number of hydrogen-bond donors (Lipinski definition) is 1. The number of nitrogens with one attached hydrogen (secondary N) is 1. The minimum atomic E-state index is 0.719. The highest BCUT2D eigenvalue weighted by Crippen LogP contribution is 2.09. The summed E-state index contributed by atoms with van der Waals surface area (Å²) in [6.07, 6.45) is 0. The fourth-order valence-electron chi connectivity index (χ4n) is 1.93. The summed E-state index contributed by atoms with van der Waals surface area (Å²) in [5.41, 5.74) is 3.07. The summed E-state index contributed by atoms with van der Waals surface area (Å²) in [6, 6.07) is 16.0. The third-order valence-corrected chi connectivity index (χ3v) is 3.35. The third kappa shape index (κ3) is 4.03. The van der Waals surface area contributed by atoms with Crippen LogP contribution in [-0.2, 0) is 6.54 Å². The SMILES string of the molecule is CCN(Cc1cccc(C)n1)C(=S)Nc1ccccc1. The van der Waals surface area contributed by atoms with Crippen LogP contribution in [0, 0.1) is 6.92 Å². The monoisotopic (exact) mass is 285 g/mol. The molecule has 1 aromatic heterocycles. The Hall–Kier alpha value is -1.94. The van der Waals surface area contributed by atoms with Crippen molar-refractivity contribution in [2.45, 2.75) is 20.4 Å². The quantitative estimate of drug-likeness (QED) is 0.869. The molecule has 20 heavy (non-hydrogen) atoms. The van der Waals surface area contributed by atoms with Gasteiger partial charge in [-0.2, -0.15) is 0 Å². The Balaban J connectivity index is 2.02. The number of anilines is 1. The van der Waals surface area contributed by atoms with E-state index >= 15 is 0 Å².